The van der Waals surface area contributed by atoms with Gasteiger partial charge in [-0.25, -0.2) is 4.98 Å². The Morgan fingerprint density at radius 3 is 3.27 bits per heavy atom. The van der Waals surface area contributed by atoms with Crippen LogP contribution in [0.25, 0.3) is 0 Å². The molecule has 82 valence electrons. The van der Waals surface area contributed by atoms with E-state index < -0.39 is 0 Å². The minimum atomic E-state index is 0.237. The largest absolute Gasteiger partial charge is 0.378 e. The fourth-order valence-corrected chi connectivity index (χ4v) is 1.86. The number of nitrogens with one attached hydrogen (secondary N) is 1. The van der Waals surface area contributed by atoms with Gasteiger partial charge in [0.15, 0.2) is 0 Å². The summed E-state index contributed by atoms with van der Waals surface area (Å²) in [7, 11) is 0. The van der Waals surface area contributed by atoms with Crippen LogP contribution in [0.5, 0.6) is 0 Å². The molecule has 1 N–H and O–H groups in total. The molecule has 0 amide bonds. The highest BCUT2D eigenvalue weighted by atomic mass is 16.5. The van der Waals surface area contributed by atoms with Crippen molar-refractivity contribution in [2.45, 2.75) is 38.2 Å². The number of H-pyrrole nitrogens is 1. The molecule has 4 heteroatoms. The topological polar surface area (TPSA) is 55.0 Å². The summed E-state index contributed by atoms with van der Waals surface area (Å²) < 4.78 is 5.46. The first-order valence-electron chi connectivity index (χ1n) is 5.46. The Morgan fingerprint density at radius 1 is 1.67 bits per heavy atom. The van der Waals surface area contributed by atoms with Crippen molar-refractivity contribution >= 4 is 5.78 Å². The van der Waals surface area contributed by atoms with Crippen LogP contribution in [0.1, 0.15) is 31.5 Å². The molecular formula is C11H16N2O2. The molecule has 0 spiro atoms. The van der Waals surface area contributed by atoms with Gasteiger partial charge in [0.25, 0.3) is 0 Å². The monoisotopic (exact) mass is 208 g/mol. The van der Waals surface area contributed by atoms with Crippen LogP contribution in [-0.2, 0) is 16.0 Å². The normalized spacial score (nSPS) is 20.7. The van der Waals surface area contributed by atoms with Gasteiger partial charge in [0.1, 0.15) is 11.6 Å². The molecule has 0 aliphatic carbocycles. The van der Waals surface area contributed by atoms with E-state index in [1.807, 2.05) is 0 Å². The number of rotatable bonds is 5. The second-order valence-electron chi connectivity index (χ2n) is 3.93. The van der Waals surface area contributed by atoms with Crippen molar-refractivity contribution in [2.75, 3.05) is 6.61 Å². The fraction of sp³-hybridized carbons (Fsp3) is 0.636. The summed E-state index contributed by atoms with van der Waals surface area (Å²) in [5.41, 5.74) is 0. The molecule has 0 aromatic carbocycles. The second-order valence-corrected chi connectivity index (χ2v) is 3.93. The molecule has 4 nitrogen and oxygen atoms in total. The first-order chi connectivity index (χ1) is 7.34. The number of nitrogens with zero attached hydrogens (tertiary/aromatic N) is 1. The Hall–Kier alpha value is -1.16. The average Bonchev–Trinajstić information content (AvgIpc) is 2.86. The standard InChI is InChI=1S/C11H16N2O2/c14-9(8-11-12-5-6-13-11)3-4-10-2-1-7-15-10/h5-6,10H,1-4,7-8H2,(H,12,13). The Bertz CT molecular complexity index is 302. The van der Waals surface area contributed by atoms with Crippen molar-refractivity contribution in [2.24, 2.45) is 0 Å². The minimum absolute atomic E-state index is 0.237. The van der Waals surface area contributed by atoms with Gasteiger partial charge in [-0.2, -0.15) is 0 Å². The number of aromatic nitrogens is 2. The molecule has 1 unspecified atom stereocenters. The molecule has 1 aliphatic heterocycles. The van der Waals surface area contributed by atoms with E-state index >= 15 is 0 Å². The smallest absolute Gasteiger partial charge is 0.140 e. The molecule has 0 radical (unpaired) electrons. The SMILES string of the molecule is O=C(CCC1CCCO1)Cc1ncc[nH]1. The highest BCUT2D eigenvalue weighted by Crippen LogP contribution is 2.17. The van der Waals surface area contributed by atoms with E-state index in [1.54, 1.807) is 12.4 Å². The maximum atomic E-state index is 11.6. The molecule has 2 rings (SSSR count). The number of hydrogen-bond donors (Lipinski definition) is 1. The lowest BCUT2D eigenvalue weighted by Crippen LogP contribution is -2.10. The summed E-state index contributed by atoms with van der Waals surface area (Å²) in [6.07, 6.45) is 7.84. The zero-order valence-corrected chi connectivity index (χ0v) is 8.74. The lowest BCUT2D eigenvalue weighted by molar-refractivity contribution is -0.119. The molecule has 1 aromatic heterocycles. The Morgan fingerprint density at radius 2 is 2.60 bits per heavy atom. The Kier molecular flexibility index (Phi) is 3.50. The molecule has 15 heavy (non-hydrogen) atoms. The number of aromatic amines is 1. The lowest BCUT2D eigenvalue weighted by Gasteiger charge is -2.07. The molecule has 1 fully saturated rings. The maximum absolute atomic E-state index is 11.6. The van der Waals surface area contributed by atoms with Crippen molar-refractivity contribution < 1.29 is 9.53 Å². The first kappa shape index (κ1) is 10.4. The van der Waals surface area contributed by atoms with Crippen LogP contribution in [0.3, 0.4) is 0 Å². The van der Waals surface area contributed by atoms with E-state index in [9.17, 15) is 4.79 Å². The third kappa shape index (κ3) is 3.16. The van der Waals surface area contributed by atoms with Gasteiger partial charge in [-0.3, -0.25) is 4.79 Å². The second kappa shape index (κ2) is 5.07. The molecule has 1 aliphatic rings. The van der Waals surface area contributed by atoms with E-state index in [2.05, 4.69) is 9.97 Å². The molecule has 1 aromatic rings. The van der Waals surface area contributed by atoms with E-state index in [4.69, 9.17) is 4.74 Å². The number of Topliss-reactive ketones (excluding diaryl/α,β-unsaturated/α-hetero) is 1. The van der Waals surface area contributed by atoms with Gasteiger partial charge in [0.2, 0.25) is 0 Å². The van der Waals surface area contributed by atoms with Gasteiger partial charge in [-0.05, 0) is 19.3 Å². The predicted octanol–water partition coefficient (Wildman–Crippen LogP) is 1.48. The van der Waals surface area contributed by atoms with Crippen LogP contribution in [0.15, 0.2) is 12.4 Å². The van der Waals surface area contributed by atoms with Gasteiger partial charge < -0.3 is 9.72 Å². The third-order valence-electron chi connectivity index (χ3n) is 2.69. The number of ether oxygens (including phenoxy) is 1. The summed E-state index contributed by atoms with van der Waals surface area (Å²) in [5, 5.41) is 0. The van der Waals surface area contributed by atoms with Crippen LogP contribution in [0, 0.1) is 0 Å². The lowest BCUT2D eigenvalue weighted by atomic mass is 10.1. The zero-order valence-electron chi connectivity index (χ0n) is 8.74. The summed E-state index contributed by atoms with van der Waals surface area (Å²) in [4.78, 5) is 18.5. The Labute approximate surface area is 89.0 Å². The van der Waals surface area contributed by atoms with Crippen LogP contribution in [-0.4, -0.2) is 28.5 Å². The van der Waals surface area contributed by atoms with Gasteiger partial charge in [-0.1, -0.05) is 0 Å². The van der Waals surface area contributed by atoms with Gasteiger partial charge in [0.05, 0.1) is 12.5 Å². The van der Waals surface area contributed by atoms with E-state index in [0.717, 1.165) is 31.7 Å². The molecule has 1 saturated heterocycles. The molecule has 0 saturated carbocycles. The highest BCUT2D eigenvalue weighted by Gasteiger charge is 2.16. The zero-order chi connectivity index (χ0) is 10.5. The van der Waals surface area contributed by atoms with E-state index in [-0.39, 0.29) is 5.78 Å². The maximum Gasteiger partial charge on any atom is 0.140 e. The summed E-state index contributed by atoms with van der Waals surface area (Å²) in [6, 6.07) is 0. The predicted molar refractivity (Wildman–Crippen MR) is 55.5 cm³/mol. The van der Waals surface area contributed by atoms with Gasteiger partial charge in [-0.15, -0.1) is 0 Å². The molecule has 2 heterocycles. The number of carbonyl (C=O) groups is 1. The minimum Gasteiger partial charge on any atom is -0.378 e. The van der Waals surface area contributed by atoms with Crippen LogP contribution < -0.4 is 0 Å². The van der Waals surface area contributed by atoms with Crippen molar-refractivity contribution in [3.63, 3.8) is 0 Å². The Balaban J connectivity index is 1.68. The number of imidazole rings is 1. The summed E-state index contributed by atoms with van der Waals surface area (Å²) >= 11 is 0. The highest BCUT2D eigenvalue weighted by molar-refractivity contribution is 5.80. The number of hydrogen-bond acceptors (Lipinski definition) is 3. The average molecular weight is 208 g/mol. The summed E-state index contributed by atoms with van der Waals surface area (Å²) in [5.74, 6) is 0.993. The van der Waals surface area contributed by atoms with Crippen molar-refractivity contribution in [1.29, 1.82) is 0 Å². The van der Waals surface area contributed by atoms with Gasteiger partial charge in [0, 0.05) is 25.4 Å². The third-order valence-corrected chi connectivity index (χ3v) is 2.69. The fourth-order valence-electron chi connectivity index (χ4n) is 1.86. The first-order valence-corrected chi connectivity index (χ1v) is 5.46. The molecular weight excluding hydrogens is 192 g/mol. The van der Waals surface area contributed by atoms with Crippen molar-refractivity contribution in [1.82, 2.24) is 9.97 Å². The van der Waals surface area contributed by atoms with E-state index in [1.165, 1.54) is 0 Å². The van der Waals surface area contributed by atoms with Crippen molar-refractivity contribution in [3.8, 4) is 0 Å². The molecule has 1 atom stereocenters. The quantitative estimate of drug-likeness (QED) is 0.797. The van der Waals surface area contributed by atoms with Gasteiger partial charge >= 0.3 is 0 Å². The number of ketones is 1. The molecule has 0 bridgehead atoms. The van der Waals surface area contributed by atoms with Crippen LogP contribution in [0.4, 0.5) is 0 Å². The number of carbonyl (C=O) groups excluding carboxylic acids is 1. The van der Waals surface area contributed by atoms with Crippen LogP contribution >= 0.6 is 0 Å². The van der Waals surface area contributed by atoms with E-state index in [0.29, 0.717) is 18.9 Å². The summed E-state index contributed by atoms with van der Waals surface area (Å²) in [6.45, 7) is 0.858. The van der Waals surface area contributed by atoms with Crippen molar-refractivity contribution in [3.05, 3.63) is 18.2 Å². The van der Waals surface area contributed by atoms with Crippen LogP contribution in [0.2, 0.25) is 0 Å².